The standard InChI is InChI=1S/C5H5.C2H5.3CO.W.H/c1-2-4-5-3-1;4*1-2;;/h1-3H,4H2;1H2,2H3;;;;;. The van der Waals surface area contributed by atoms with Crippen molar-refractivity contribution in [2.45, 2.75) is 18.2 Å². The van der Waals surface area contributed by atoms with Gasteiger partial charge in [-0.3, -0.25) is 0 Å². The van der Waals surface area contributed by atoms with Crippen LogP contribution in [0.25, 0.3) is 0 Å². The Kier molecular flexibility index (Phi) is 2.81. The van der Waals surface area contributed by atoms with Crippen LogP contribution in [0.5, 0.6) is 0 Å². The van der Waals surface area contributed by atoms with E-state index >= 15 is 0 Å². The van der Waals surface area contributed by atoms with Gasteiger partial charge in [0.15, 0.2) is 0 Å². The second-order valence-electron chi connectivity index (χ2n) is 3.18. The van der Waals surface area contributed by atoms with Crippen LogP contribution < -0.4 is 0 Å². The van der Waals surface area contributed by atoms with Crippen LogP contribution >= 0.6 is 0 Å². The Morgan fingerprint density at radius 2 is 1.86 bits per heavy atom. The van der Waals surface area contributed by atoms with Gasteiger partial charge in [-0.25, -0.2) is 0 Å². The first-order valence-corrected chi connectivity index (χ1v) is 12.9. The van der Waals surface area contributed by atoms with E-state index in [1.165, 1.54) is 0 Å². The first kappa shape index (κ1) is 11.0. The first-order chi connectivity index (χ1) is 6.67. The molecule has 0 saturated heterocycles. The third-order valence-corrected chi connectivity index (χ3v) is 17.3. The van der Waals surface area contributed by atoms with Crippen molar-refractivity contribution in [1.29, 1.82) is 0 Å². The molecular formula is C10H11O3W. The molecule has 0 spiro atoms. The summed E-state index contributed by atoms with van der Waals surface area (Å²) in [5.74, 6) is 0. The van der Waals surface area contributed by atoms with E-state index in [9.17, 15) is 14.4 Å². The van der Waals surface area contributed by atoms with E-state index in [1.807, 2.05) is 6.08 Å². The van der Waals surface area contributed by atoms with E-state index in [4.69, 9.17) is 0 Å². The van der Waals surface area contributed by atoms with Crippen molar-refractivity contribution in [3.8, 4) is 0 Å². The molecule has 0 radical (unpaired) electrons. The average Bonchev–Trinajstić information content (AvgIpc) is 2.78. The van der Waals surface area contributed by atoms with Crippen molar-refractivity contribution in [3.63, 3.8) is 0 Å². The van der Waals surface area contributed by atoms with Gasteiger partial charge in [0, 0.05) is 0 Å². The van der Waals surface area contributed by atoms with Crippen molar-refractivity contribution in [1.82, 2.24) is 0 Å². The van der Waals surface area contributed by atoms with Gasteiger partial charge in [-0.05, 0) is 0 Å². The molecular weight excluding hydrogens is 352 g/mol. The molecule has 1 aliphatic rings. The minimum absolute atomic E-state index is 0.218. The predicted octanol–water partition coefficient (Wildman–Crippen LogP) is 0.892. The Morgan fingerprint density at radius 1 is 1.29 bits per heavy atom. The quantitative estimate of drug-likeness (QED) is 0.733. The van der Waals surface area contributed by atoms with E-state index < -0.39 is 13.4 Å². The summed E-state index contributed by atoms with van der Waals surface area (Å²) in [6, 6.07) is 0. The van der Waals surface area contributed by atoms with Crippen molar-refractivity contribution in [3.05, 3.63) is 22.2 Å². The van der Waals surface area contributed by atoms with Crippen LogP contribution in [0.1, 0.15) is 13.3 Å². The van der Waals surface area contributed by atoms with Crippen molar-refractivity contribution in [2.24, 2.45) is 0 Å². The Morgan fingerprint density at radius 3 is 2.14 bits per heavy atom. The molecule has 1 rings (SSSR count). The van der Waals surface area contributed by atoms with Crippen molar-refractivity contribution >= 4 is 12.8 Å². The molecule has 0 unspecified atom stereocenters. The van der Waals surface area contributed by atoms with Crippen LogP contribution in [-0.2, 0) is 27.8 Å². The van der Waals surface area contributed by atoms with Crippen LogP contribution in [-0.4, -0.2) is 12.8 Å². The maximum atomic E-state index is 11.0. The third kappa shape index (κ3) is 1.20. The summed E-state index contributed by atoms with van der Waals surface area (Å²) in [4.78, 5) is 33.2. The molecule has 0 amide bonds. The molecule has 0 heterocycles. The van der Waals surface area contributed by atoms with Gasteiger partial charge in [0.1, 0.15) is 0 Å². The van der Waals surface area contributed by atoms with Crippen molar-refractivity contribution in [2.75, 3.05) is 0 Å². The Labute approximate surface area is 81.1 Å². The molecule has 4 heteroatoms. The molecule has 0 aliphatic heterocycles. The Balaban J connectivity index is 3.98. The van der Waals surface area contributed by atoms with E-state index in [1.54, 1.807) is 31.9 Å². The number of allylic oxidation sites excluding steroid dienone is 4. The SMILES string of the molecule is C[CH2][WH](=[C]=O)(=[C]=O)(=[C]=O)[C]1=CC=CC1. The topological polar surface area (TPSA) is 51.2 Å². The Bertz CT molecular complexity index is 558. The third-order valence-electron chi connectivity index (χ3n) is 2.62. The number of hydrogen-bond acceptors (Lipinski definition) is 3. The number of hydrogen-bond donors (Lipinski definition) is 0. The second-order valence-corrected chi connectivity index (χ2v) is 18.9. The minimum atomic E-state index is -4.91. The van der Waals surface area contributed by atoms with E-state index in [2.05, 4.69) is 0 Å². The molecule has 0 bridgehead atoms. The van der Waals surface area contributed by atoms with Gasteiger partial charge >= 0.3 is 81.0 Å². The second kappa shape index (κ2) is 3.58. The Hall–Kier alpha value is -1.09. The van der Waals surface area contributed by atoms with Gasteiger partial charge in [-0.15, -0.1) is 0 Å². The van der Waals surface area contributed by atoms with E-state index in [0.29, 0.717) is 10.4 Å². The van der Waals surface area contributed by atoms with Crippen molar-refractivity contribution < 1.29 is 27.8 Å². The number of rotatable bonds is 2. The zero-order chi connectivity index (χ0) is 10.7. The summed E-state index contributed by atoms with van der Waals surface area (Å²) in [5, 5.41) is 0. The maximum absolute atomic E-state index is 11.0. The summed E-state index contributed by atoms with van der Waals surface area (Å²) >= 11 is -4.91. The molecule has 14 heavy (non-hydrogen) atoms. The van der Waals surface area contributed by atoms with E-state index in [-0.39, 0.29) is 4.81 Å². The fourth-order valence-corrected chi connectivity index (χ4v) is 9.26. The van der Waals surface area contributed by atoms with Crippen LogP contribution in [0.15, 0.2) is 22.2 Å². The molecule has 0 aromatic heterocycles. The van der Waals surface area contributed by atoms with Gasteiger partial charge in [0.2, 0.25) is 0 Å². The predicted molar refractivity (Wildman–Crippen MR) is 50.8 cm³/mol. The number of carbonyl (C=O) groups excluding carboxylic acids is 3. The van der Waals surface area contributed by atoms with E-state index in [0.717, 1.165) is 0 Å². The molecule has 1 aliphatic carbocycles. The summed E-state index contributed by atoms with van der Waals surface area (Å²) in [6.07, 6.45) is 5.70. The monoisotopic (exact) mass is 363 g/mol. The van der Waals surface area contributed by atoms with Gasteiger partial charge < -0.3 is 0 Å². The van der Waals surface area contributed by atoms with Gasteiger partial charge in [-0.1, -0.05) is 0 Å². The molecule has 0 aromatic carbocycles. The fourth-order valence-electron chi connectivity index (χ4n) is 1.43. The van der Waals surface area contributed by atoms with Gasteiger partial charge in [0.05, 0.1) is 0 Å². The molecule has 0 saturated carbocycles. The summed E-state index contributed by atoms with van der Waals surface area (Å²) in [6.45, 7) is 1.66. The normalized spacial score (nSPS) is 17.2. The zero-order valence-corrected chi connectivity index (χ0v) is 11.0. The molecule has 0 fully saturated rings. The summed E-state index contributed by atoms with van der Waals surface area (Å²) in [7, 11) is 0. The molecule has 0 aromatic rings. The van der Waals surface area contributed by atoms with Gasteiger partial charge in [0.25, 0.3) is 0 Å². The first-order valence-electron chi connectivity index (χ1n) is 4.25. The molecule has 3 nitrogen and oxygen atoms in total. The van der Waals surface area contributed by atoms with Crippen LogP contribution in [0, 0.1) is 0 Å². The van der Waals surface area contributed by atoms with Crippen LogP contribution in [0.4, 0.5) is 0 Å². The zero-order valence-electron chi connectivity index (χ0n) is 7.82. The fraction of sp³-hybridized carbons (Fsp3) is 0.300. The summed E-state index contributed by atoms with van der Waals surface area (Å²) in [5.41, 5.74) is 0. The molecule has 75 valence electrons. The van der Waals surface area contributed by atoms with Crippen LogP contribution in [0.2, 0.25) is 4.81 Å². The molecule has 0 atom stereocenters. The van der Waals surface area contributed by atoms with Crippen LogP contribution in [0.3, 0.4) is 0 Å². The average molecular weight is 363 g/mol. The molecule has 0 N–H and O–H groups in total. The van der Waals surface area contributed by atoms with Gasteiger partial charge in [-0.2, -0.15) is 0 Å². The summed E-state index contributed by atoms with van der Waals surface area (Å²) < 4.78 is 5.80.